The Bertz CT molecular complexity index is 35.0. The van der Waals surface area contributed by atoms with Crippen LogP contribution in [0.2, 0.25) is 0 Å². The first kappa shape index (κ1) is 11.7. The molecule has 0 aliphatic rings. The summed E-state index contributed by atoms with van der Waals surface area (Å²) in [6.07, 6.45) is 2.28. The molecule has 1 heteroatoms. The van der Waals surface area contributed by atoms with Crippen LogP contribution in [0, 0.1) is 6.92 Å². The van der Waals surface area contributed by atoms with Crippen molar-refractivity contribution in [2.24, 2.45) is 0 Å². The van der Waals surface area contributed by atoms with Gasteiger partial charge in [-0.1, -0.05) is 26.7 Å². The van der Waals surface area contributed by atoms with E-state index in [0.717, 1.165) is 10.9 Å². The van der Waals surface area contributed by atoms with Crippen LogP contribution in [-0.4, -0.2) is 32.7 Å². The van der Waals surface area contributed by atoms with Crippen LogP contribution in [0.15, 0.2) is 0 Å². The molecule has 0 aliphatic carbocycles. The zero-order valence-electron chi connectivity index (χ0n) is 7.57. The smallest absolute Gasteiger partial charge is 0.0675 e. The fourth-order valence-corrected chi connectivity index (χ4v) is 0. The van der Waals surface area contributed by atoms with Crippen molar-refractivity contribution in [3.8, 4) is 0 Å². The molecular formula is C8H21N+. The Morgan fingerprint density at radius 3 is 1.22 bits per heavy atom. The van der Waals surface area contributed by atoms with E-state index in [1.54, 1.807) is 0 Å². The van der Waals surface area contributed by atoms with Gasteiger partial charge in [0, 0.05) is 0 Å². The van der Waals surface area contributed by atoms with Crippen LogP contribution < -0.4 is 0 Å². The van der Waals surface area contributed by atoms with E-state index >= 15 is 0 Å². The minimum absolute atomic E-state index is 1.00. The molecule has 0 amide bonds. The Kier molecular flexibility index (Phi) is 7.92. The highest BCUT2D eigenvalue weighted by molar-refractivity contribution is 4.29. The summed E-state index contributed by atoms with van der Waals surface area (Å²) in [7, 11) is 8.50. The average Bonchev–Trinajstić information content (AvgIpc) is 1.61. The van der Waals surface area contributed by atoms with Crippen LogP contribution in [0.25, 0.3) is 0 Å². The van der Waals surface area contributed by atoms with E-state index in [2.05, 4.69) is 42.0 Å². The number of unbranched alkanes of at least 4 members (excludes halogenated alkanes) is 1. The minimum Gasteiger partial charge on any atom is -0.333 e. The van der Waals surface area contributed by atoms with Gasteiger partial charge >= 0.3 is 0 Å². The topological polar surface area (TPSA) is 0 Å². The lowest BCUT2D eigenvalue weighted by Gasteiger charge is -2.14. The van der Waals surface area contributed by atoms with E-state index in [1.807, 2.05) is 0 Å². The first-order chi connectivity index (χ1) is 3.91. The molecule has 0 aliphatic heterocycles. The van der Waals surface area contributed by atoms with Gasteiger partial charge in [0.15, 0.2) is 0 Å². The van der Waals surface area contributed by atoms with Gasteiger partial charge in [0.2, 0.25) is 0 Å². The second-order valence-electron chi connectivity index (χ2n) is 3.54. The van der Waals surface area contributed by atoms with Gasteiger partial charge in [-0.2, -0.15) is 0 Å². The number of hydrogen-bond donors (Lipinski definition) is 0. The van der Waals surface area contributed by atoms with E-state index in [0.29, 0.717) is 0 Å². The number of rotatable bonds is 1. The van der Waals surface area contributed by atoms with E-state index in [-0.39, 0.29) is 0 Å². The van der Waals surface area contributed by atoms with Crippen LogP contribution in [0.5, 0.6) is 0 Å². The third-order valence-corrected chi connectivity index (χ3v) is 0.354. The highest BCUT2D eigenvalue weighted by Gasteiger charge is 1.88. The molecule has 57 valence electrons. The van der Waals surface area contributed by atoms with Crippen LogP contribution in [0.3, 0.4) is 0 Å². The third-order valence-electron chi connectivity index (χ3n) is 0.354. The van der Waals surface area contributed by atoms with Gasteiger partial charge in [0.25, 0.3) is 0 Å². The lowest BCUT2D eigenvalue weighted by Crippen LogP contribution is -2.27. The Labute approximate surface area is 60.3 Å². The number of nitrogens with zero attached hydrogens (tertiary/aromatic N) is 1. The zero-order chi connectivity index (χ0) is 7.91. The van der Waals surface area contributed by atoms with Crippen molar-refractivity contribution in [1.29, 1.82) is 0 Å². The molecule has 0 heterocycles. The summed E-state index contributed by atoms with van der Waals surface area (Å²) >= 11 is 0. The summed E-state index contributed by atoms with van der Waals surface area (Å²) in [5.74, 6) is 0. The molecule has 0 bridgehead atoms. The molecule has 0 aromatic carbocycles. The van der Waals surface area contributed by atoms with Crippen LogP contribution >= 0.6 is 0 Å². The van der Waals surface area contributed by atoms with Gasteiger partial charge in [0.05, 0.1) is 28.2 Å². The minimum atomic E-state index is 1.00. The van der Waals surface area contributed by atoms with Gasteiger partial charge in [-0.15, -0.1) is 0 Å². The van der Waals surface area contributed by atoms with Crippen LogP contribution in [0.4, 0.5) is 0 Å². The van der Waals surface area contributed by atoms with Crippen LogP contribution in [-0.2, 0) is 0 Å². The molecule has 0 rings (SSSR count). The molecule has 0 spiro atoms. The highest BCUT2D eigenvalue weighted by atomic mass is 15.2. The molecule has 0 fully saturated rings. The zero-order valence-corrected chi connectivity index (χ0v) is 7.57. The molecule has 0 unspecified atom stereocenters. The second kappa shape index (κ2) is 6.09. The van der Waals surface area contributed by atoms with E-state index in [1.165, 1.54) is 6.42 Å². The highest BCUT2D eigenvalue weighted by Crippen LogP contribution is 1.76. The standard InChI is InChI=1S/C4H12N.C4H9/c1-5(2,3)4;1-3-4-2/h1-4H3;1,3-4H2,2H3/q+1;. The van der Waals surface area contributed by atoms with Gasteiger partial charge in [-0.3, -0.25) is 0 Å². The van der Waals surface area contributed by atoms with Crippen molar-refractivity contribution >= 4 is 0 Å². The number of hydrogen-bond acceptors (Lipinski definition) is 0. The predicted octanol–water partition coefficient (Wildman–Crippen LogP) is 1.94. The fourth-order valence-electron chi connectivity index (χ4n) is 0. The largest absolute Gasteiger partial charge is 0.333 e. The van der Waals surface area contributed by atoms with Crippen molar-refractivity contribution in [1.82, 2.24) is 0 Å². The molecule has 9 heavy (non-hydrogen) atoms. The summed E-state index contributed by atoms with van der Waals surface area (Å²) in [4.78, 5) is 0. The van der Waals surface area contributed by atoms with E-state index < -0.39 is 0 Å². The van der Waals surface area contributed by atoms with E-state index in [4.69, 9.17) is 0 Å². The molecule has 0 aromatic rings. The normalized spacial score (nSPS) is 10.0. The Morgan fingerprint density at radius 1 is 1.11 bits per heavy atom. The molecule has 0 saturated carbocycles. The predicted molar refractivity (Wildman–Crippen MR) is 44.2 cm³/mol. The molecule has 0 aromatic heterocycles. The van der Waals surface area contributed by atoms with Crippen molar-refractivity contribution < 1.29 is 4.48 Å². The number of quaternary nitrogens is 1. The van der Waals surface area contributed by atoms with Crippen molar-refractivity contribution in [3.63, 3.8) is 0 Å². The van der Waals surface area contributed by atoms with E-state index in [9.17, 15) is 0 Å². The average molecular weight is 131 g/mol. The summed E-state index contributed by atoms with van der Waals surface area (Å²) in [6.45, 7) is 5.72. The summed E-state index contributed by atoms with van der Waals surface area (Å²) in [5, 5.41) is 0. The molecule has 0 atom stereocenters. The summed E-state index contributed by atoms with van der Waals surface area (Å²) in [6, 6.07) is 0. The first-order valence-corrected chi connectivity index (χ1v) is 3.50. The van der Waals surface area contributed by atoms with Gasteiger partial charge < -0.3 is 4.48 Å². The lowest BCUT2D eigenvalue weighted by molar-refractivity contribution is -0.849. The quantitative estimate of drug-likeness (QED) is 0.477. The fraction of sp³-hybridized carbons (Fsp3) is 0.875. The van der Waals surface area contributed by atoms with Crippen LogP contribution in [0.1, 0.15) is 19.8 Å². The van der Waals surface area contributed by atoms with Gasteiger partial charge in [-0.25, -0.2) is 0 Å². The Morgan fingerprint density at radius 2 is 1.22 bits per heavy atom. The third kappa shape index (κ3) is 307. The molecule has 1 nitrogen and oxygen atoms in total. The maximum atomic E-state index is 3.60. The summed E-state index contributed by atoms with van der Waals surface area (Å²) < 4.78 is 1.00. The van der Waals surface area contributed by atoms with Gasteiger partial charge in [-0.05, 0) is 0 Å². The van der Waals surface area contributed by atoms with Crippen molar-refractivity contribution in [2.75, 3.05) is 28.2 Å². The van der Waals surface area contributed by atoms with Crippen molar-refractivity contribution in [3.05, 3.63) is 6.92 Å². The first-order valence-electron chi connectivity index (χ1n) is 3.50. The van der Waals surface area contributed by atoms with Gasteiger partial charge in [0.1, 0.15) is 0 Å². The molecule has 0 saturated heterocycles. The monoisotopic (exact) mass is 131 g/mol. The lowest BCUT2D eigenvalue weighted by atomic mass is 10.4. The Hall–Kier alpha value is -0.0400. The van der Waals surface area contributed by atoms with Crippen molar-refractivity contribution in [2.45, 2.75) is 19.8 Å². The maximum absolute atomic E-state index is 3.60. The molecule has 0 N–H and O–H groups in total. The Balaban J connectivity index is 0. The second-order valence-corrected chi connectivity index (χ2v) is 3.54. The maximum Gasteiger partial charge on any atom is 0.0675 e. The summed E-state index contributed by atoms with van der Waals surface area (Å²) in [5.41, 5.74) is 0. The SMILES string of the molecule is C[N+](C)(C)C.[CH2]CCC. The molecule has 1 radical (unpaired) electrons. The molecular weight excluding hydrogens is 110 g/mol.